The van der Waals surface area contributed by atoms with E-state index >= 15 is 0 Å². The summed E-state index contributed by atoms with van der Waals surface area (Å²) in [6.45, 7) is 17.4. The fourth-order valence-corrected chi connectivity index (χ4v) is 1.79. The van der Waals surface area contributed by atoms with Crippen LogP contribution < -0.4 is 5.32 Å². The van der Waals surface area contributed by atoms with E-state index < -0.39 is 0 Å². The Morgan fingerprint density at radius 3 is 1.65 bits per heavy atom. The molecule has 0 aliphatic heterocycles. The second kappa shape index (κ2) is 8.10. The zero-order valence-electron chi connectivity index (χ0n) is 13.1. The number of hydrogen-bond acceptors (Lipinski definition) is 2. The molecule has 0 fully saturated rings. The van der Waals surface area contributed by atoms with Crippen LogP contribution in [0, 0.1) is 11.8 Å². The monoisotopic (exact) mass is 242 g/mol. The summed E-state index contributed by atoms with van der Waals surface area (Å²) >= 11 is 0. The molecule has 0 saturated heterocycles. The van der Waals surface area contributed by atoms with Crippen molar-refractivity contribution in [1.82, 2.24) is 10.2 Å². The number of nitrogens with one attached hydrogen (secondary N) is 1. The highest BCUT2D eigenvalue weighted by molar-refractivity contribution is 4.80. The number of rotatable bonds is 9. The fraction of sp³-hybridized carbons (Fsp3) is 1.00. The van der Waals surface area contributed by atoms with Crippen LogP contribution in [0.3, 0.4) is 0 Å². The predicted octanol–water partition coefficient (Wildman–Crippen LogP) is 3.38. The third-order valence-electron chi connectivity index (χ3n) is 3.34. The molecule has 2 nitrogen and oxygen atoms in total. The lowest BCUT2D eigenvalue weighted by Crippen LogP contribution is -2.48. The van der Waals surface area contributed by atoms with Gasteiger partial charge in [-0.25, -0.2) is 0 Å². The van der Waals surface area contributed by atoms with Crippen molar-refractivity contribution in [3.8, 4) is 0 Å². The first-order valence-corrected chi connectivity index (χ1v) is 7.18. The molecule has 0 bridgehead atoms. The van der Waals surface area contributed by atoms with Crippen LogP contribution in [-0.2, 0) is 0 Å². The molecule has 0 aromatic carbocycles. The molecule has 0 aromatic heterocycles. The van der Waals surface area contributed by atoms with Gasteiger partial charge in [-0.15, -0.1) is 0 Å². The van der Waals surface area contributed by atoms with Gasteiger partial charge in [0.15, 0.2) is 0 Å². The summed E-state index contributed by atoms with van der Waals surface area (Å²) in [6.07, 6.45) is 2.61. The molecule has 0 spiro atoms. The molecule has 0 atom stereocenters. The Bertz CT molecular complexity index is 173. The molecular formula is C15H34N2. The normalized spacial score (nSPS) is 13.1. The van der Waals surface area contributed by atoms with E-state index in [4.69, 9.17) is 0 Å². The van der Waals surface area contributed by atoms with Crippen molar-refractivity contribution in [1.29, 1.82) is 0 Å². The Morgan fingerprint density at radius 2 is 1.35 bits per heavy atom. The van der Waals surface area contributed by atoms with Crippen molar-refractivity contribution in [2.75, 3.05) is 26.7 Å². The standard InChI is InChI=1S/C15H34N2/c1-13(2)8-10-17(11-9-14(3)4)12-15(5,6)16-7/h13-14,16H,8-12H2,1-7H3. The minimum absolute atomic E-state index is 0.216. The van der Waals surface area contributed by atoms with Gasteiger partial charge in [0.25, 0.3) is 0 Å². The molecule has 2 heteroatoms. The van der Waals surface area contributed by atoms with Gasteiger partial charge in [-0.05, 0) is 58.7 Å². The molecule has 1 N–H and O–H groups in total. The van der Waals surface area contributed by atoms with E-state index in [-0.39, 0.29) is 5.54 Å². The highest BCUT2D eigenvalue weighted by Gasteiger charge is 2.19. The molecule has 0 amide bonds. The summed E-state index contributed by atoms with van der Waals surface area (Å²) in [5, 5.41) is 3.41. The molecule has 0 aromatic rings. The van der Waals surface area contributed by atoms with E-state index in [2.05, 4.69) is 58.8 Å². The van der Waals surface area contributed by atoms with Gasteiger partial charge in [0.1, 0.15) is 0 Å². The van der Waals surface area contributed by atoms with Crippen molar-refractivity contribution in [2.24, 2.45) is 11.8 Å². The highest BCUT2D eigenvalue weighted by Crippen LogP contribution is 2.11. The van der Waals surface area contributed by atoms with Crippen molar-refractivity contribution >= 4 is 0 Å². The highest BCUT2D eigenvalue weighted by atomic mass is 15.2. The lowest BCUT2D eigenvalue weighted by molar-refractivity contribution is 0.189. The maximum absolute atomic E-state index is 3.41. The van der Waals surface area contributed by atoms with Gasteiger partial charge in [0.2, 0.25) is 0 Å². The molecule has 0 heterocycles. The van der Waals surface area contributed by atoms with Gasteiger partial charge < -0.3 is 10.2 Å². The summed E-state index contributed by atoms with van der Waals surface area (Å²) in [7, 11) is 2.06. The first-order chi connectivity index (χ1) is 7.76. The second-order valence-corrected chi connectivity index (χ2v) is 6.78. The van der Waals surface area contributed by atoms with Crippen LogP contribution in [0.5, 0.6) is 0 Å². The molecule has 104 valence electrons. The molecule has 0 radical (unpaired) electrons. The minimum Gasteiger partial charge on any atom is -0.314 e. The van der Waals surface area contributed by atoms with Crippen molar-refractivity contribution < 1.29 is 0 Å². The summed E-state index contributed by atoms with van der Waals surface area (Å²) < 4.78 is 0. The lowest BCUT2D eigenvalue weighted by Gasteiger charge is -2.33. The largest absolute Gasteiger partial charge is 0.314 e. The Balaban J connectivity index is 4.19. The molecule has 17 heavy (non-hydrogen) atoms. The van der Waals surface area contributed by atoms with E-state index in [1.165, 1.54) is 25.9 Å². The Labute approximate surface area is 109 Å². The van der Waals surface area contributed by atoms with Crippen LogP contribution in [0.1, 0.15) is 54.4 Å². The average Bonchev–Trinajstić information content (AvgIpc) is 2.21. The van der Waals surface area contributed by atoms with Crippen LogP contribution >= 0.6 is 0 Å². The molecular weight excluding hydrogens is 208 g/mol. The maximum atomic E-state index is 3.41. The van der Waals surface area contributed by atoms with Crippen molar-refractivity contribution in [3.63, 3.8) is 0 Å². The van der Waals surface area contributed by atoms with E-state index in [9.17, 15) is 0 Å². The van der Waals surface area contributed by atoms with Gasteiger partial charge in [-0.2, -0.15) is 0 Å². The van der Waals surface area contributed by atoms with Gasteiger partial charge in [0.05, 0.1) is 0 Å². The van der Waals surface area contributed by atoms with Gasteiger partial charge >= 0.3 is 0 Å². The minimum atomic E-state index is 0.216. The topological polar surface area (TPSA) is 15.3 Å². The smallest absolute Gasteiger partial charge is 0.0249 e. The number of likely N-dealkylation sites (N-methyl/N-ethyl adjacent to an activating group) is 1. The fourth-order valence-electron chi connectivity index (χ4n) is 1.79. The van der Waals surface area contributed by atoms with E-state index in [0.29, 0.717) is 0 Å². The molecule has 0 unspecified atom stereocenters. The van der Waals surface area contributed by atoms with Crippen LogP contribution in [0.15, 0.2) is 0 Å². The van der Waals surface area contributed by atoms with Gasteiger partial charge in [0, 0.05) is 12.1 Å². The third kappa shape index (κ3) is 9.61. The third-order valence-corrected chi connectivity index (χ3v) is 3.34. The van der Waals surface area contributed by atoms with E-state index in [1.807, 2.05) is 0 Å². The van der Waals surface area contributed by atoms with E-state index in [0.717, 1.165) is 18.4 Å². The summed E-state index contributed by atoms with van der Waals surface area (Å²) in [5.41, 5.74) is 0.216. The first kappa shape index (κ1) is 16.9. The van der Waals surface area contributed by atoms with Crippen LogP contribution in [0.4, 0.5) is 0 Å². The zero-order chi connectivity index (χ0) is 13.5. The first-order valence-electron chi connectivity index (χ1n) is 7.18. The van der Waals surface area contributed by atoms with Crippen molar-refractivity contribution in [2.45, 2.75) is 59.9 Å². The van der Waals surface area contributed by atoms with Crippen LogP contribution in [0.2, 0.25) is 0 Å². The molecule has 0 rings (SSSR count). The quantitative estimate of drug-likeness (QED) is 0.667. The Morgan fingerprint density at radius 1 is 0.941 bits per heavy atom. The summed E-state index contributed by atoms with van der Waals surface area (Å²) in [5.74, 6) is 1.60. The SMILES string of the molecule is CNC(C)(C)CN(CCC(C)C)CCC(C)C. The Kier molecular flexibility index (Phi) is 8.06. The lowest BCUT2D eigenvalue weighted by atomic mass is 10.0. The summed E-state index contributed by atoms with van der Waals surface area (Å²) in [4.78, 5) is 2.62. The van der Waals surface area contributed by atoms with Crippen LogP contribution in [0.25, 0.3) is 0 Å². The molecule has 0 saturated carbocycles. The molecule has 0 aliphatic carbocycles. The Hall–Kier alpha value is -0.0800. The maximum Gasteiger partial charge on any atom is 0.0249 e. The predicted molar refractivity (Wildman–Crippen MR) is 78.5 cm³/mol. The second-order valence-electron chi connectivity index (χ2n) is 6.78. The van der Waals surface area contributed by atoms with E-state index in [1.54, 1.807) is 0 Å². The van der Waals surface area contributed by atoms with Gasteiger partial charge in [-0.3, -0.25) is 0 Å². The van der Waals surface area contributed by atoms with Gasteiger partial charge in [-0.1, -0.05) is 27.7 Å². The zero-order valence-corrected chi connectivity index (χ0v) is 13.1. The number of hydrogen-bond donors (Lipinski definition) is 1. The molecule has 0 aliphatic rings. The van der Waals surface area contributed by atoms with Crippen LogP contribution in [-0.4, -0.2) is 37.1 Å². The summed E-state index contributed by atoms with van der Waals surface area (Å²) in [6, 6.07) is 0. The average molecular weight is 242 g/mol. The van der Waals surface area contributed by atoms with Crippen molar-refractivity contribution in [3.05, 3.63) is 0 Å². The number of nitrogens with zero attached hydrogens (tertiary/aromatic N) is 1.